The highest BCUT2D eigenvalue weighted by atomic mass is 79.9. The van der Waals surface area contributed by atoms with Crippen molar-refractivity contribution in [2.24, 2.45) is 0 Å². The van der Waals surface area contributed by atoms with Crippen LogP contribution >= 0.6 is 27.5 Å². The molecule has 0 saturated carbocycles. The standard InChI is InChI=1S/C9H8BrClN2O/c10-6-4-8(14)13(5-6)9-7(11)2-1-3-12-9/h1-3,6H,4-5H2. The summed E-state index contributed by atoms with van der Waals surface area (Å²) < 4.78 is 0. The van der Waals surface area contributed by atoms with Gasteiger partial charge in [0, 0.05) is 24.0 Å². The van der Waals surface area contributed by atoms with E-state index in [9.17, 15) is 4.79 Å². The fourth-order valence-corrected chi connectivity index (χ4v) is 2.23. The second-order valence-corrected chi connectivity index (χ2v) is 4.82. The Kier molecular flexibility index (Phi) is 2.74. The Bertz CT molecular complexity index is 372. The van der Waals surface area contributed by atoms with Gasteiger partial charge in [0.05, 0.1) is 5.02 Å². The van der Waals surface area contributed by atoms with Crippen LogP contribution < -0.4 is 4.90 Å². The number of rotatable bonds is 1. The van der Waals surface area contributed by atoms with Crippen molar-refractivity contribution in [3.05, 3.63) is 23.4 Å². The van der Waals surface area contributed by atoms with Crippen molar-refractivity contribution in [2.45, 2.75) is 11.2 Å². The van der Waals surface area contributed by atoms with Crippen molar-refractivity contribution >= 4 is 39.3 Å². The average Bonchev–Trinajstić information content (AvgIpc) is 2.46. The Morgan fingerprint density at radius 2 is 2.43 bits per heavy atom. The second kappa shape index (κ2) is 3.87. The van der Waals surface area contributed by atoms with Crippen molar-refractivity contribution in [1.29, 1.82) is 0 Å². The topological polar surface area (TPSA) is 33.2 Å². The van der Waals surface area contributed by atoms with E-state index in [2.05, 4.69) is 20.9 Å². The molecule has 2 rings (SSSR count). The smallest absolute Gasteiger partial charge is 0.229 e. The number of alkyl halides is 1. The van der Waals surface area contributed by atoms with E-state index in [1.807, 2.05) is 0 Å². The maximum atomic E-state index is 11.5. The van der Waals surface area contributed by atoms with E-state index in [1.165, 1.54) is 0 Å². The molecule has 1 aliphatic rings. The number of carbonyl (C=O) groups excluding carboxylic acids is 1. The molecule has 5 heteroatoms. The zero-order valence-electron chi connectivity index (χ0n) is 7.28. The monoisotopic (exact) mass is 274 g/mol. The molecule has 0 spiro atoms. The third-order valence-electron chi connectivity index (χ3n) is 2.07. The fourth-order valence-electron chi connectivity index (χ4n) is 1.44. The summed E-state index contributed by atoms with van der Waals surface area (Å²) in [7, 11) is 0. The first-order chi connectivity index (χ1) is 6.68. The van der Waals surface area contributed by atoms with E-state index in [0.29, 0.717) is 23.8 Å². The average molecular weight is 276 g/mol. The maximum absolute atomic E-state index is 11.5. The van der Waals surface area contributed by atoms with Gasteiger partial charge in [-0.05, 0) is 12.1 Å². The third kappa shape index (κ3) is 1.77. The molecule has 1 saturated heterocycles. The summed E-state index contributed by atoms with van der Waals surface area (Å²) in [4.78, 5) is 17.4. The summed E-state index contributed by atoms with van der Waals surface area (Å²) in [5, 5.41) is 0.516. The van der Waals surface area contributed by atoms with Crippen LogP contribution in [0, 0.1) is 0 Å². The van der Waals surface area contributed by atoms with Gasteiger partial charge in [-0.3, -0.25) is 9.69 Å². The summed E-state index contributed by atoms with van der Waals surface area (Å²) in [5.41, 5.74) is 0. The summed E-state index contributed by atoms with van der Waals surface area (Å²) in [6, 6.07) is 3.48. The largest absolute Gasteiger partial charge is 0.294 e. The third-order valence-corrected chi connectivity index (χ3v) is 2.98. The zero-order valence-corrected chi connectivity index (χ0v) is 9.62. The molecule has 74 valence electrons. The number of nitrogens with zero attached hydrogens (tertiary/aromatic N) is 2. The Balaban J connectivity index is 2.32. The normalized spacial score (nSPS) is 21.7. The number of halogens is 2. The molecule has 1 aliphatic heterocycles. The van der Waals surface area contributed by atoms with Crippen LogP contribution in [0.5, 0.6) is 0 Å². The Labute approximate surface area is 95.2 Å². The van der Waals surface area contributed by atoms with Crippen molar-refractivity contribution in [3.63, 3.8) is 0 Å². The number of hydrogen-bond donors (Lipinski definition) is 0. The molecule has 0 radical (unpaired) electrons. The molecular weight excluding hydrogens is 267 g/mol. The number of amides is 1. The van der Waals surface area contributed by atoms with Gasteiger partial charge in [-0.2, -0.15) is 0 Å². The first kappa shape index (κ1) is 9.93. The molecule has 14 heavy (non-hydrogen) atoms. The highest BCUT2D eigenvalue weighted by molar-refractivity contribution is 9.09. The summed E-state index contributed by atoms with van der Waals surface area (Å²) in [6.07, 6.45) is 2.14. The van der Waals surface area contributed by atoms with Crippen LogP contribution in [0.3, 0.4) is 0 Å². The molecule has 1 fully saturated rings. The Morgan fingerprint density at radius 3 is 3.00 bits per heavy atom. The maximum Gasteiger partial charge on any atom is 0.229 e. The molecule has 1 unspecified atom stereocenters. The quantitative estimate of drug-likeness (QED) is 0.737. The minimum absolute atomic E-state index is 0.0625. The number of pyridine rings is 1. The minimum atomic E-state index is 0.0625. The first-order valence-electron chi connectivity index (χ1n) is 4.23. The van der Waals surface area contributed by atoms with Crippen molar-refractivity contribution in [2.75, 3.05) is 11.4 Å². The van der Waals surface area contributed by atoms with E-state index in [1.54, 1.807) is 23.2 Å². The number of anilines is 1. The van der Waals surface area contributed by atoms with Gasteiger partial charge < -0.3 is 0 Å². The van der Waals surface area contributed by atoms with Gasteiger partial charge >= 0.3 is 0 Å². The molecule has 0 aliphatic carbocycles. The van der Waals surface area contributed by atoms with Crippen LogP contribution in [0.2, 0.25) is 5.02 Å². The highest BCUT2D eigenvalue weighted by Gasteiger charge is 2.30. The van der Waals surface area contributed by atoms with Crippen LogP contribution in [-0.2, 0) is 4.79 Å². The van der Waals surface area contributed by atoms with Crippen LogP contribution in [-0.4, -0.2) is 22.3 Å². The van der Waals surface area contributed by atoms with Gasteiger partial charge in [0.15, 0.2) is 5.82 Å². The summed E-state index contributed by atoms with van der Waals surface area (Å²) in [5.74, 6) is 0.619. The lowest BCUT2D eigenvalue weighted by Gasteiger charge is -2.15. The van der Waals surface area contributed by atoms with Gasteiger partial charge in [0.25, 0.3) is 0 Å². The summed E-state index contributed by atoms with van der Waals surface area (Å²) >= 11 is 9.35. The fraction of sp³-hybridized carbons (Fsp3) is 0.333. The van der Waals surface area contributed by atoms with Gasteiger partial charge in [-0.15, -0.1) is 0 Å². The molecule has 1 aromatic heterocycles. The van der Waals surface area contributed by atoms with Crippen LogP contribution in [0.4, 0.5) is 5.82 Å². The van der Waals surface area contributed by atoms with E-state index in [0.717, 1.165) is 0 Å². The molecular formula is C9H8BrClN2O. The van der Waals surface area contributed by atoms with Gasteiger partial charge in [0.2, 0.25) is 5.91 Å². The Morgan fingerprint density at radius 1 is 1.64 bits per heavy atom. The molecule has 1 aromatic rings. The Hall–Kier alpha value is -0.610. The van der Waals surface area contributed by atoms with Crippen LogP contribution in [0.15, 0.2) is 18.3 Å². The number of aromatic nitrogens is 1. The van der Waals surface area contributed by atoms with Crippen molar-refractivity contribution in [1.82, 2.24) is 4.98 Å². The number of carbonyl (C=O) groups is 1. The number of hydrogen-bond acceptors (Lipinski definition) is 2. The lowest BCUT2D eigenvalue weighted by molar-refractivity contribution is -0.117. The molecule has 2 heterocycles. The second-order valence-electron chi connectivity index (χ2n) is 3.11. The minimum Gasteiger partial charge on any atom is -0.294 e. The SMILES string of the molecule is O=C1CC(Br)CN1c1ncccc1Cl. The van der Waals surface area contributed by atoms with E-state index >= 15 is 0 Å². The van der Waals surface area contributed by atoms with Gasteiger partial charge in [0.1, 0.15) is 0 Å². The van der Waals surface area contributed by atoms with Gasteiger partial charge in [-0.1, -0.05) is 27.5 Å². The summed E-state index contributed by atoms with van der Waals surface area (Å²) in [6.45, 7) is 0.634. The highest BCUT2D eigenvalue weighted by Crippen LogP contribution is 2.28. The molecule has 0 N–H and O–H groups in total. The van der Waals surface area contributed by atoms with E-state index < -0.39 is 0 Å². The van der Waals surface area contributed by atoms with Crippen LogP contribution in [0.25, 0.3) is 0 Å². The predicted molar refractivity (Wildman–Crippen MR) is 58.9 cm³/mol. The lowest BCUT2D eigenvalue weighted by atomic mass is 10.4. The molecule has 0 bridgehead atoms. The van der Waals surface area contributed by atoms with Crippen LogP contribution in [0.1, 0.15) is 6.42 Å². The molecule has 3 nitrogen and oxygen atoms in total. The molecule has 0 aromatic carbocycles. The molecule has 1 atom stereocenters. The van der Waals surface area contributed by atoms with Crippen molar-refractivity contribution < 1.29 is 4.79 Å². The van der Waals surface area contributed by atoms with E-state index in [-0.39, 0.29) is 10.7 Å². The lowest BCUT2D eigenvalue weighted by Crippen LogP contribution is -2.25. The van der Waals surface area contributed by atoms with E-state index in [4.69, 9.17) is 11.6 Å². The van der Waals surface area contributed by atoms with Crippen molar-refractivity contribution in [3.8, 4) is 0 Å². The zero-order chi connectivity index (χ0) is 10.1. The van der Waals surface area contributed by atoms with Gasteiger partial charge in [-0.25, -0.2) is 4.98 Å². The first-order valence-corrected chi connectivity index (χ1v) is 5.53. The molecule has 1 amide bonds. The predicted octanol–water partition coefficient (Wildman–Crippen LogP) is 2.24.